The van der Waals surface area contributed by atoms with Gasteiger partial charge in [-0.15, -0.1) is 6.58 Å². The van der Waals surface area contributed by atoms with Gasteiger partial charge in [0.05, 0.1) is 6.61 Å². The van der Waals surface area contributed by atoms with Crippen molar-refractivity contribution in [1.29, 1.82) is 0 Å². The highest BCUT2D eigenvalue weighted by molar-refractivity contribution is 5.49. The van der Waals surface area contributed by atoms with Crippen molar-refractivity contribution in [2.24, 2.45) is 11.8 Å². The van der Waals surface area contributed by atoms with Crippen LogP contribution < -0.4 is 0 Å². The highest BCUT2D eigenvalue weighted by Gasteiger charge is 2.16. The molecule has 0 saturated heterocycles. The third kappa shape index (κ3) is 4.64. The minimum atomic E-state index is 0.714. The van der Waals surface area contributed by atoms with E-state index in [0.29, 0.717) is 6.61 Å². The first-order chi connectivity index (χ1) is 9.81. The molecule has 1 nitrogen and oxygen atoms in total. The fraction of sp³-hybridized carbons (Fsp3) is 0.474. The van der Waals surface area contributed by atoms with Gasteiger partial charge in [-0.3, -0.25) is 0 Å². The third-order valence-corrected chi connectivity index (χ3v) is 4.16. The van der Waals surface area contributed by atoms with Gasteiger partial charge < -0.3 is 4.74 Å². The number of hydrogen-bond acceptors (Lipinski definition) is 1. The summed E-state index contributed by atoms with van der Waals surface area (Å²) in [5.74, 6) is 1.49. The largest absolute Gasteiger partial charge is 0.377 e. The molecule has 1 heteroatoms. The Hall–Kier alpha value is -1.34. The fourth-order valence-corrected chi connectivity index (χ4v) is 2.77. The first-order valence-corrected chi connectivity index (χ1v) is 7.79. The van der Waals surface area contributed by atoms with E-state index in [4.69, 9.17) is 4.74 Å². The maximum absolute atomic E-state index is 5.41. The lowest BCUT2D eigenvalue weighted by molar-refractivity contribution is 0.134. The van der Waals surface area contributed by atoms with Gasteiger partial charge in [-0.2, -0.15) is 0 Å². The summed E-state index contributed by atoms with van der Waals surface area (Å²) in [6.45, 7) is 7.42. The van der Waals surface area contributed by atoms with Gasteiger partial charge in [0.1, 0.15) is 0 Å². The van der Waals surface area contributed by atoms with Gasteiger partial charge in [0.25, 0.3) is 0 Å². The van der Waals surface area contributed by atoms with Crippen molar-refractivity contribution in [2.75, 3.05) is 6.61 Å². The summed E-state index contributed by atoms with van der Waals surface area (Å²) in [4.78, 5) is 0. The van der Waals surface area contributed by atoms with E-state index in [2.05, 4.69) is 49.1 Å². The second-order valence-electron chi connectivity index (χ2n) is 5.65. The average Bonchev–Trinajstić information content (AvgIpc) is 2.52. The Morgan fingerprint density at radius 1 is 1.10 bits per heavy atom. The van der Waals surface area contributed by atoms with E-state index in [1.807, 2.05) is 6.92 Å². The van der Waals surface area contributed by atoms with Gasteiger partial charge in [-0.1, -0.05) is 42.5 Å². The first kappa shape index (κ1) is 15.1. The number of rotatable bonds is 6. The highest BCUT2D eigenvalue weighted by Crippen LogP contribution is 2.30. The summed E-state index contributed by atoms with van der Waals surface area (Å²) >= 11 is 0. The van der Waals surface area contributed by atoms with Gasteiger partial charge >= 0.3 is 0 Å². The summed E-state index contributed by atoms with van der Waals surface area (Å²) in [7, 11) is 0. The van der Waals surface area contributed by atoms with Crippen molar-refractivity contribution in [3.05, 3.63) is 54.1 Å². The maximum atomic E-state index is 5.41. The SMILES string of the molecule is C=C[C@H]1CC[C@H](C=Cc2ccc(COCC)cc2)CC1. The molecule has 2 rings (SSSR count). The Kier molecular flexibility index (Phi) is 6.07. The molecular formula is C19H26O. The van der Waals surface area contributed by atoms with Crippen LogP contribution in [0.1, 0.15) is 43.7 Å². The second kappa shape index (κ2) is 8.06. The van der Waals surface area contributed by atoms with Crippen LogP contribution in [0.25, 0.3) is 6.08 Å². The third-order valence-electron chi connectivity index (χ3n) is 4.16. The Balaban J connectivity index is 1.83. The van der Waals surface area contributed by atoms with Crippen LogP contribution in [-0.4, -0.2) is 6.61 Å². The molecular weight excluding hydrogens is 244 g/mol. The number of ether oxygens (including phenoxy) is 1. The Morgan fingerprint density at radius 2 is 1.75 bits per heavy atom. The highest BCUT2D eigenvalue weighted by atomic mass is 16.5. The van der Waals surface area contributed by atoms with Crippen LogP contribution in [0.4, 0.5) is 0 Å². The summed E-state index contributed by atoms with van der Waals surface area (Å²) in [5.41, 5.74) is 2.53. The molecule has 1 saturated carbocycles. The van der Waals surface area contributed by atoms with Crippen molar-refractivity contribution in [3.8, 4) is 0 Å². The zero-order valence-corrected chi connectivity index (χ0v) is 12.6. The molecule has 0 N–H and O–H groups in total. The van der Waals surface area contributed by atoms with Gasteiger partial charge in [0.15, 0.2) is 0 Å². The molecule has 0 bridgehead atoms. The lowest BCUT2D eigenvalue weighted by Crippen LogP contribution is -2.10. The molecule has 20 heavy (non-hydrogen) atoms. The first-order valence-electron chi connectivity index (χ1n) is 7.79. The molecule has 1 aliphatic carbocycles. The van der Waals surface area contributed by atoms with Crippen LogP contribution in [0.5, 0.6) is 0 Å². The van der Waals surface area contributed by atoms with E-state index in [1.54, 1.807) is 0 Å². The normalized spacial score (nSPS) is 23.1. The van der Waals surface area contributed by atoms with Crippen LogP contribution in [0.3, 0.4) is 0 Å². The monoisotopic (exact) mass is 270 g/mol. The molecule has 108 valence electrons. The summed E-state index contributed by atoms with van der Waals surface area (Å²) in [5, 5.41) is 0. The summed E-state index contributed by atoms with van der Waals surface area (Å²) in [6, 6.07) is 8.67. The molecule has 0 unspecified atom stereocenters. The maximum Gasteiger partial charge on any atom is 0.0716 e. The van der Waals surface area contributed by atoms with E-state index in [-0.39, 0.29) is 0 Å². The molecule has 0 heterocycles. The topological polar surface area (TPSA) is 9.23 Å². The van der Waals surface area contributed by atoms with Crippen molar-refractivity contribution in [3.63, 3.8) is 0 Å². The number of benzene rings is 1. The van der Waals surface area contributed by atoms with Crippen LogP contribution in [-0.2, 0) is 11.3 Å². The van der Waals surface area contributed by atoms with Gasteiger partial charge in [-0.05, 0) is 55.6 Å². The molecule has 1 aromatic rings. The molecule has 0 aromatic heterocycles. The predicted molar refractivity (Wildman–Crippen MR) is 86.5 cm³/mol. The Bertz CT molecular complexity index is 422. The smallest absolute Gasteiger partial charge is 0.0716 e. The second-order valence-corrected chi connectivity index (χ2v) is 5.65. The molecule has 1 fully saturated rings. The lowest BCUT2D eigenvalue weighted by Gasteiger charge is -2.24. The molecule has 0 radical (unpaired) electrons. The van der Waals surface area contributed by atoms with E-state index in [0.717, 1.165) is 18.4 Å². The minimum Gasteiger partial charge on any atom is -0.377 e. The van der Waals surface area contributed by atoms with Crippen LogP contribution in [0.15, 0.2) is 43.0 Å². The standard InChI is InChI=1S/C19H26O/c1-3-16-5-7-17(8-6-16)9-10-18-11-13-19(14-12-18)15-20-4-2/h3,9-14,16-17H,1,4-8,15H2,2H3/t16-,17-. The van der Waals surface area contributed by atoms with Gasteiger partial charge in [0.2, 0.25) is 0 Å². The van der Waals surface area contributed by atoms with E-state index in [1.165, 1.54) is 36.8 Å². The molecule has 0 amide bonds. The van der Waals surface area contributed by atoms with Crippen LogP contribution >= 0.6 is 0 Å². The Labute approximate surface area is 123 Å². The minimum absolute atomic E-state index is 0.714. The molecule has 0 atom stereocenters. The summed E-state index contributed by atoms with van der Waals surface area (Å²) in [6.07, 6.45) is 12.0. The average molecular weight is 270 g/mol. The quantitative estimate of drug-likeness (QED) is 0.643. The van der Waals surface area contributed by atoms with E-state index < -0.39 is 0 Å². The number of allylic oxidation sites excluding steroid dienone is 2. The fourth-order valence-electron chi connectivity index (χ4n) is 2.77. The van der Waals surface area contributed by atoms with Gasteiger partial charge in [0, 0.05) is 6.61 Å². The zero-order chi connectivity index (χ0) is 14.2. The van der Waals surface area contributed by atoms with Crippen molar-refractivity contribution >= 4 is 6.08 Å². The molecule has 1 aliphatic rings. The van der Waals surface area contributed by atoms with Crippen LogP contribution in [0, 0.1) is 11.8 Å². The van der Waals surface area contributed by atoms with Gasteiger partial charge in [-0.25, -0.2) is 0 Å². The molecule has 1 aromatic carbocycles. The number of hydrogen-bond donors (Lipinski definition) is 0. The van der Waals surface area contributed by atoms with Crippen molar-refractivity contribution < 1.29 is 4.74 Å². The lowest BCUT2D eigenvalue weighted by atomic mass is 9.82. The van der Waals surface area contributed by atoms with Crippen molar-refractivity contribution in [2.45, 2.75) is 39.2 Å². The van der Waals surface area contributed by atoms with Crippen LogP contribution in [0.2, 0.25) is 0 Å². The Morgan fingerprint density at radius 3 is 2.35 bits per heavy atom. The van der Waals surface area contributed by atoms with Crippen molar-refractivity contribution in [1.82, 2.24) is 0 Å². The predicted octanol–water partition coefficient (Wildman–Crippen LogP) is 5.23. The van der Waals surface area contributed by atoms with E-state index >= 15 is 0 Å². The molecule has 0 aliphatic heterocycles. The zero-order valence-electron chi connectivity index (χ0n) is 12.6. The summed E-state index contributed by atoms with van der Waals surface area (Å²) < 4.78 is 5.41. The molecule has 0 spiro atoms. The van der Waals surface area contributed by atoms with E-state index in [9.17, 15) is 0 Å².